The Morgan fingerprint density at radius 3 is 1.96 bits per heavy atom. The van der Waals surface area contributed by atoms with Crippen molar-refractivity contribution in [2.24, 2.45) is 0 Å². The van der Waals surface area contributed by atoms with E-state index in [0.717, 1.165) is 35.5 Å². The second-order valence-electron chi connectivity index (χ2n) is 10.9. The number of carboxylic acid groups (broad SMARTS) is 1. The lowest BCUT2D eigenvalue weighted by molar-refractivity contribution is -0.143. The zero-order valence-electron chi connectivity index (χ0n) is 26.8. The fraction of sp³-hybridized carbons (Fsp3) is 0.344. The first-order chi connectivity index (χ1) is 23.8. The van der Waals surface area contributed by atoms with Gasteiger partial charge in [-0.1, -0.05) is 6.07 Å². The number of alkyl halides is 9. The molecule has 4 aromatic rings. The van der Waals surface area contributed by atoms with E-state index < -0.39 is 59.3 Å². The van der Waals surface area contributed by atoms with E-state index in [0.29, 0.717) is 12.1 Å². The van der Waals surface area contributed by atoms with Gasteiger partial charge in [0.1, 0.15) is 5.69 Å². The Labute approximate surface area is 283 Å². The SMILES string of the molecule is COc1ncc(OC)c(-c2ccc(C(F)(F)F)cc2C(C)N(Cc2cc(C(F)(F)F)cc(C(F)(F)F)c2)c2ncc(OCCCC(=O)O)cn2)n1. The zero-order valence-corrected chi connectivity index (χ0v) is 26.8. The van der Waals surface area contributed by atoms with Crippen molar-refractivity contribution in [3.8, 4) is 28.8 Å². The Balaban J connectivity index is 1.91. The van der Waals surface area contributed by atoms with Gasteiger partial charge in [-0.3, -0.25) is 4.79 Å². The van der Waals surface area contributed by atoms with Crippen LogP contribution in [0.15, 0.2) is 55.0 Å². The second-order valence-corrected chi connectivity index (χ2v) is 10.9. The maximum absolute atomic E-state index is 14.1. The van der Waals surface area contributed by atoms with E-state index in [9.17, 15) is 44.3 Å². The van der Waals surface area contributed by atoms with E-state index in [1.54, 1.807) is 0 Å². The maximum atomic E-state index is 14.1. The molecule has 0 saturated carbocycles. The van der Waals surface area contributed by atoms with Crippen LogP contribution in [0.1, 0.15) is 53.6 Å². The fourth-order valence-corrected chi connectivity index (χ4v) is 4.90. The first-order valence-corrected chi connectivity index (χ1v) is 14.7. The Morgan fingerprint density at radius 2 is 1.43 bits per heavy atom. The molecule has 0 amide bonds. The topological polar surface area (TPSA) is 120 Å². The summed E-state index contributed by atoms with van der Waals surface area (Å²) < 4.78 is 141. The predicted molar refractivity (Wildman–Crippen MR) is 161 cm³/mol. The van der Waals surface area contributed by atoms with Crippen LogP contribution < -0.4 is 19.1 Å². The van der Waals surface area contributed by atoms with Gasteiger partial charge in [0, 0.05) is 18.5 Å². The first kappa shape index (κ1) is 38.4. The summed E-state index contributed by atoms with van der Waals surface area (Å²) in [5.41, 5.74) is -5.02. The van der Waals surface area contributed by atoms with Crippen LogP contribution in [0.2, 0.25) is 0 Å². The lowest BCUT2D eigenvalue weighted by Gasteiger charge is -2.32. The molecular weight excluding hydrogens is 705 g/mol. The van der Waals surface area contributed by atoms with Crippen LogP contribution >= 0.6 is 0 Å². The molecule has 2 heterocycles. The number of rotatable bonds is 13. The van der Waals surface area contributed by atoms with Gasteiger partial charge < -0.3 is 24.2 Å². The number of benzene rings is 2. The minimum atomic E-state index is -5.18. The normalized spacial score (nSPS) is 12.7. The second kappa shape index (κ2) is 15.3. The standard InChI is InChI=1S/C32H28F9N5O5/c1-17(24-12-19(30(33,34)35)6-7-23(24)27-25(49-2)15-44-29(45-27)50-3)46(28-42-13-22(14-43-28)51-8-4-5-26(47)48)16-18-9-20(31(36,37)38)11-21(10-18)32(39,40)41/h6-7,9-15,17H,4-5,8,16H2,1-3H3,(H,47,48). The summed E-state index contributed by atoms with van der Waals surface area (Å²) in [5, 5.41) is 8.81. The largest absolute Gasteiger partial charge is 0.493 e. The summed E-state index contributed by atoms with van der Waals surface area (Å²) in [7, 11) is 2.49. The van der Waals surface area contributed by atoms with E-state index in [1.165, 1.54) is 27.3 Å². The number of hydrogen-bond donors (Lipinski definition) is 1. The van der Waals surface area contributed by atoms with E-state index in [1.807, 2.05) is 0 Å². The molecule has 2 aromatic heterocycles. The molecule has 2 aromatic carbocycles. The number of nitrogens with zero attached hydrogens (tertiary/aromatic N) is 5. The van der Waals surface area contributed by atoms with Crippen LogP contribution in [0.25, 0.3) is 11.3 Å². The minimum Gasteiger partial charge on any atom is -0.493 e. The number of aromatic nitrogens is 4. The Bertz CT molecular complexity index is 1800. The van der Waals surface area contributed by atoms with Gasteiger partial charge in [-0.25, -0.2) is 9.97 Å². The van der Waals surface area contributed by atoms with Crippen molar-refractivity contribution in [2.45, 2.75) is 50.9 Å². The van der Waals surface area contributed by atoms with Crippen LogP contribution in [-0.2, 0) is 29.9 Å². The minimum absolute atomic E-state index is 0.00362. The number of aliphatic carboxylic acids is 1. The number of ether oxygens (including phenoxy) is 3. The molecule has 0 saturated heterocycles. The molecule has 274 valence electrons. The highest BCUT2D eigenvalue weighted by Crippen LogP contribution is 2.42. The number of carbonyl (C=O) groups is 1. The molecule has 51 heavy (non-hydrogen) atoms. The first-order valence-electron chi connectivity index (χ1n) is 14.7. The van der Waals surface area contributed by atoms with Gasteiger partial charge in [0.05, 0.1) is 62.1 Å². The molecule has 0 aliphatic heterocycles. The van der Waals surface area contributed by atoms with Gasteiger partial charge in [0.15, 0.2) is 11.5 Å². The average Bonchev–Trinajstić information content (AvgIpc) is 3.07. The quantitative estimate of drug-likeness (QED) is 0.107. The van der Waals surface area contributed by atoms with Crippen LogP contribution in [0.4, 0.5) is 45.5 Å². The highest BCUT2D eigenvalue weighted by Gasteiger charge is 2.38. The molecule has 1 unspecified atom stereocenters. The van der Waals surface area contributed by atoms with Gasteiger partial charge >= 0.3 is 30.5 Å². The monoisotopic (exact) mass is 733 g/mol. The fourth-order valence-electron chi connectivity index (χ4n) is 4.90. The van der Waals surface area contributed by atoms with Gasteiger partial charge in [-0.2, -0.15) is 49.5 Å². The van der Waals surface area contributed by atoms with Crippen molar-refractivity contribution >= 4 is 11.9 Å². The summed E-state index contributed by atoms with van der Waals surface area (Å²) in [6, 6.07) is 2.03. The highest BCUT2D eigenvalue weighted by molar-refractivity contribution is 5.71. The summed E-state index contributed by atoms with van der Waals surface area (Å²) in [4.78, 5) is 28.3. The zero-order chi connectivity index (χ0) is 37.7. The Kier molecular flexibility index (Phi) is 11.5. The molecule has 19 heteroatoms. The Morgan fingerprint density at radius 1 is 0.824 bits per heavy atom. The molecule has 0 bridgehead atoms. The highest BCUT2D eigenvalue weighted by atomic mass is 19.4. The van der Waals surface area contributed by atoms with Crippen LogP contribution in [0.3, 0.4) is 0 Å². The van der Waals surface area contributed by atoms with Crippen molar-refractivity contribution in [2.75, 3.05) is 25.7 Å². The van der Waals surface area contributed by atoms with Gasteiger partial charge in [-0.15, -0.1) is 0 Å². The van der Waals surface area contributed by atoms with Gasteiger partial charge in [0.25, 0.3) is 0 Å². The molecule has 0 fully saturated rings. The third-order valence-corrected chi connectivity index (χ3v) is 7.36. The van der Waals surface area contributed by atoms with Crippen LogP contribution in [0, 0.1) is 0 Å². The molecule has 0 radical (unpaired) electrons. The number of hydrogen-bond acceptors (Lipinski definition) is 9. The number of methoxy groups -OCH3 is 2. The number of halogens is 9. The smallest absolute Gasteiger partial charge is 0.416 e. The van der Waals surface area contributed by atoms with Crippen molar-refractivity contribution in [3.63, 3.8) is 0 Å². The summed E-state index contributed by atoms with van der Waals surface area (Å²) in [6.07, 6.45) is -11.9. The number of anilines is 1. The lowest BCUT2D eigenvalue weighted by atomic mass is 9.94. The average molecular weight is 734 g/mol. The molecule has 0 aliphatic carbocycles. The van der Waals surface area contributed by atoms with E-state index in [4.69, 9.17) is 19.3 Å². The molecule has 10 nitrogen and oxygen atoms in total. The van der Waals surface area contributed by atoms with Crippen LogP contribution in [0.5, 0.6) is 17.5 Å². The molecular formula is C32H28F9N5O5. The molecule has 4 rings (SSSR count). The third kappa shape index (κ3) is 9.66. The van der Waals surface area contributed by atoms with Crippen molar-refractivity contribution in [1.82, 2.24) is 19.9 Å². The third-order valence-electron chi connectivity index (χ3n) is 7.36. The van der Waals surface area contributed by atoms with Crippen molar-refractivity contribution < 1.29 is 63.6 Å². The molecule has 1 N–H and O–H groups in total. The molecule has 0 spiro atoms. The Hall–Kier alpha value is -5.36. The molecule has 1 atom stereocenters. The predicted octanol–water partition coefficient (Wildman–Crippen LogP) is 8.02. The van der Waals surface area contributed by atoms with Crippen LogP contribution in [-0.4, -0.2) is 51.8 Å². The molecule has 0 aliphatic rings. The van der Waals surface area contributed by atoms with E-state index >= 15 is 0 Å². The summed E-state index contributed by atoms with van der Waals surface area (Å²) in [6.45, 7) is 0.534. The number of carboxylic acids is 1. The lowest BCUT2D eigenvalue weighted by Crippen LogP contribution is -2.29. The summed E-state index contributed by atoms with van der Waals surface area (Å²) >= 11 is 0. The summed E-state index contributed by atoms with van der Waals surface area (Å²) in [5.74, 6) is -1.34. The van der Waals surface area contributed by atoms with Gasteiger partial charge in [-0.05, 0) is 54.8 Å². The van der Waals surface area contributed by atoms with Crippen molar-refractivity contribution in [3.05, 3.63) is 82.8 Å². The van der Waals surface area contributed by atoms with E-state index in [2.05, 4.69) is 19.9 Å². The van der Waals surface area contributed by atoms with Gasteiger partial charge in [0.2, 0.25) is 5.95 Å². The maximum Gasteiger partial charge on any atom is 0.416 e. The van der Waals surface area contributed by atoms with Crippen molar-refractivity contribution in [1.29, 1.82) is 0 Å². The van der Waals surface area contributed by atoms with E-state index in [-0.39, 0.29) is 65.8 Å².